The molecule has 0 amide bonds. The van der Waals surface area contributed by atoms with Gasteiger partial charge >= 0.3 is 5.97 Å². The zero-order chi connectivity index (χ0) is 11.3. The standard InChI is InChI=1S/C8H11N3O2S2/c1-2-13-6(12)3-5-4-15-8(10-5)11-7(9)14/h4H,2-3H2,1H3,(H3,9,10,11,14). The number of ether oxygens (including phenoxy) is 1. The van der Waals surface area contributed by atoms with Crippen molar-refractivity contribution in [2.24, 2.45) is 5.73 Å². The van der Waals surface area contributed by atoms with E-state index in [0.717, 1.165) is 0 Å². The van der Waals surface area contributed by atoms with Crippen molar-refractivity contribution in [3.63, 3.8) is 0 Å². The van der Waals surface area contributed by atoms with Crippen LogP contribution in [-0.2, 0) is 16.0 Å². The maximum atomic E-state index is 11.1. The summed E-state index contributed by atoms with van der Waals surface area (Å²) in [5.41, 5.74) is 5.93. The Hall–Kier alpha value is -1.21. The first kappa shape index (κ1) is 11.9. The normalized spacial score (nSPS) is 9.67. The van der Waals surface area contributed by atoms with E-state index in [1.807, 2.05) is 0 Å². The van der Waals surface area contributed by atoms with E-state index in [2.05, 4.69) is 22.5 Å². The molecule has 7 heteroatoms. The molecule has 0 saturated heterocycles. The van der Waals surface area contributed by atoms with Crippen molar-refractivity contribution >= 4 is 39.8 Å². The minimum atomic E-state index is -0.287. The Balaban J connectivity index is 2.52. The lowest BCUT2D eigenvalue weighted by Gasteiger charge is -1.98. The minimum Gasteiger partial charge on any atom is -0.466 e. The molecule has 0 aliphatic rings. The van der Waals surface area contributed by atoms with Crippen LogP contribution >= 0.6 is 23.6 Å². The Kier molecular flexibility index (Phi) is 4.44. The van der Waals surface area contributed by atoms with Gasteiger partial charge in [0.25, 0.3) is 0 Å². The number of nitrogens with zero attached hydrogens (tertiary/aromatic N) is 1. The summed E-state index contributed by atoms with van der Waals surface area (Å²) in [6, 6.07) is 0. The number of thiocarbonyl (C=S) groups is 1. The fraction of sp³-hybridized carbons (Fsp3) is 0.375. The number of nitrogens with one attached hydrogen (secondary N) is 1. The zero-order valence-corrected chi connectivity index (χ0v) is 9.78. The van der Waals surface area contributed by atoms with E-state index in [4.69, 9.17) is 10.5 Å². The van der Waals surface area contributed by atoms with Crippen LogP contribution in [-0.4, -0.2) is 22.7 Å². The van der Waals surface area contributed by atoms with Crippen LogP contribution in [0.5, 0.6) is 0 Å². The number of esters is 1. The van der Waals surface area contributed by atoms with Crippen LogP contribution in [0, 0.1) is 0 Å². The summed E-state index contributed by atoms with van der Waals surface area (Å²) in [6.07, 6.45) is 0.170. The molecule has 15 heavy (non-hydrogen) atoms. The molecular weight excluding hydrogens is 234 g/mol. The highest BCUT2D eigenvalue weighted by atomic mass is 32.1. The van der Waals surface area contributed by atoms with Crippen LogP contribution in [0.4, 0.5) is 5.13 Å². The SMILES string of the molecule is CCOC(=O)Cc1csc(NC(N)=S)n1. The Morgan fingerprint density at radius 3 is 3.13 bits per heavy atom. The Labute approximate surface area is 96.6 Å². The third-order valence-corrected chi connectivity index (χ3v) is 2.32. The summed E-state index contributed by atoms with van der Waals surface area (Å²) < 4.78 is 4.79. The molecule has 0 spiro atoms. The minimum absolute atomic E-state index is 0.159. The molecule has 82 valence electrons. The van der Waals surface area contributed by atoms with E-state index in [9.17, 15) is 4.79 Å². The van der Waals surface area contributed by atoms with Gasteiger partial charge in [0.2, 0.25) is 0 Å². The summed E-state index contributed by atoms with van der Waals surface area (Å²) in [5, 5.41) is 5.20. The van der Waals surface area contributed by atoms with Crippen molar-refractivity contribution in [1.82, 2.24) is 4.98 Å². The van der Waals surface area contributed by atoms with Gasteiger partial charge in [0, 0.05) is 5.38 Å². The average Bonchev–Trinajstić information content (AvgIpc) is 2.51. The van der Waals surface area contributed by atoms with Gasteiger partial charge in [0.1, 0.15) is 0 Å². The molecule has 1 rings (SSSR count). The van der Waals surface area contributed by atoms with E-state index < -0.39 is 0 Å². The highest BCUT2D eigenvalue weighted by Crippen LogP contribution is 2.15. The number of rotatable bonds is 4. The van der Waals surface area contributed by atoms with E-state index >= 15 is 0 Å². The van der Waals surface area contributed by atoms with Gasteiger partial charge in [-0.05, 0) is 19.1 Å². The van der Waals surface area contributed by atoms with Gasteiger partial charge < -0.3 is 15.8 Å². The fourth-order valence-electron chi connectivity index (χ4n) is 0.911. The molecule has 0 unspecified atom stereocenters. The van der Waals surface area contributed by atoms with Crippen LogP contribution in [0.15, 0.2) is 5.38 Å². The van der Waals surface area contributed by atoms with Crippen molar-refractivity contribution in [1.29, 1.82) is 0 Å². The van der Waals surface area contributed by atoms with Crippen LogP contribution < -0.4 is 11.1 Å². The number of hydrogen-bond donors (Lipinski definition) is 2. The monoisotopic (exact) mass is 245 g/mol. The molecule has 1 aromatic rings. The maximum Gasteiger partial charge on any atom is 0.311 e. The summed E-state index contributed by atoms with van der Waals surface area (Å²) in [4.78, 5) is 15.2. The van der Waals surface area contributed by atoms with Crippen molar-refractivity contribution in [3.8, 4) is 0 Å². The highest BCUT2D eigenvalue weighted by Gasteiger charge is 2.08. The largest absolute Gasteiger partial charge is 0.466 e. The Morgan fingerprint density at radius 1 is 1.80 bits per heavy atom. The molecule has 1 aromatic heterocycles. The Morgan fingerprint density at radius 2 is 2.53 bits per heavy atom. The molecular formula is C8H11N3O2S2. The second-order valence-corrected chi connectivity index (χ2v) is 3.91. The number of nitrogens with two attached hydrogens (primary N) is 1. The molecule has 0 aromatic carbocycles. The average molecular weight is 245 g/mol. The molecule has 0 saturated carbocycles. The molecule has 1 heterocycles. The fourth-order valence-corrected chi connectivity index (χ4v) is 1.79. The highest BCUT2D eigenvalue weighted by molar-refractivity contribution is 7.80. The zero-order valence-electron chi connectivity index (χ0n) is 8.15. The lowest BCUT2D eigenvalue weighted by atomic mass is 10.3. The quantitative estimate of drug-likeness (QED) is 0.606. The predicted octanol–water partition coefficient (Wildman–Crippen LogP) is 0.904. The second kappa shape index (κ2) is 5.62. The molecule has 5 nitrogen and oxygen atoms in total. The molecule has 0 bridgehead atoms. The molecule has 0 aliphatic carbocycles. The van der Waals surface area contributed by atoms with E-state index in [1.54, 1.807) is 12.3 Å². The summed E-state index contributed by atoms with van der Waals surface area (Å²) in [5.74, 6) is -0.287. The first-order valence-electron chi connectivity index (χ1n) is 4.28. The first-order valence-corrected chi connectivity index (χ1v) is 5.57. The van der Waals surface area contributed by atoms with Gasteiger partial charge in [-0.1, -0.05) is 0 Å². The van der Waals surface area contributed by atoms with Crippen molar-refractivity contribution in [3.05, 3.63) is 11.1 Å². The van der Waals surface area contributed by atoms with Crippen LogP contribution in [0.2, 0.25) is 0 Å². The van der Waals surface area contributed by atoms with Gasteiger partial charge in [-0.15, -0.1) is 11.3 Å². The number of anilines is 1. The van der Waals surface area contributed by atoms with Crippen molar-refractivity contribution < 1.29 is 9.53 Å². The van der Waals surface area contributed by atoms with E-state index in [1.165, 1.54) is 11.3 Å². The van der Waals surface area contributed by atoms with Crippen LogP contribution in [0.1, 0.15) is 12.6 Å². The number of thiazole rings is 1. The predicted molar refractivity (Wildman–Crippen MR) is 62.9 cm³/mol. The first-order chi connectivity index (χ1) is 7.11. The van der Waals surface area contributed by atoms with Gasteiger partial charge in [0.05, 0.1) is 18.7 Å². The Bertz CT molecular complexity index is 365. The van der Waals surface area contributed by atoms with E-state index in [-0.39, 0.29) is 17.5 Å². The molecule has 0 atom stereocenters. The number of carbonyl (C=O) groups is 1. The van der Waals surface area contributed by atoms with Gasteiger partial charge in [-0.3, -0.25) is 4.79 Å². The van der Waals surface area contributed by atoms with Gasteiger partial charge in [0.15, 0.2) is 10.2 Å². The van der Waals surface area contributed by atoms with Crippen LogP contribution in [0.3, 0.4) is 0 Å². The summed E-state index contributed by atoms with van der Waals surface area (Å²) in [6.45, 7) is 2.14. The van der Waals surface area contributed by atoms with Crippen LogP contribution in [0.25, 0.3) is 0 Å². The number of hydrogen-bond acceptors (Lipinski definition) is 5. The molecule has 3 N–H and O–H groups in total. The lowest BCUT2D eigenvalue weighted by molar-refractivity contribution is -0.142. The number of aromatic nitrogens is 1. The lowest BCUT2D eigenvalue weighted by Crippen LogP contribution is -2.18. The van der Waals surface area contributed by atoms with Crippen molar-refractivity contribution in [2.45, 2.75) is 13.3 Å². The number of carbonyl (C=O) groups excluding carboxylic acids is 1. The molecule has 0 radical (unpaired) electrons. The third-order valence-electron chi connectivity index (χ3n) is 1.41. The van der Waals surface area contributed by atoms with Crippen molar-refractivity contribution in [2.75, 3.05) is 11.9 Å². The van der Waals surface area contributed by atoms with E-state index in [0.29, 0.717) is 17.4 Å². The molecule has 0 aliphatic heterocycles. The topological polar surface area (TPSA) is 77.2 Å². The summed E-state index contributed by atoms with van der Waals surface area (Å²) >= 11 is 6.00. The summed E-state index contributed by atoms with van der Waals surface area (Å²) in [7, 11) is 0. The molecule has 0 fully saturated rings. The van der Waals surface area contributed by atoms with Gasteiger partial charge in [-0.2, -0.15) is 0 Å². The third kappa shape index (κ3) is 4.22. The maximum absolute atomic E-state index is 11.1. The second-order valence-electron chi connectivity index (χ2n) is 2.62. The van der Waals surface area contributed by atoms with Gasteiger partial charge in [-0.25, -0.2) is 4.98 Å². The smallest absolute Gasteiger partial charge is 0.311 e.